The summed E-state index contributed by atoms with van der Waals surface area (Å²) in [6.45, 7) is 5.59. The fraction of sp³-hybridized carbons (Fsp3) is 0.259. The van der Waals surface area contributed by atoms with Crippen LogP contribution in [0.5, 0.6) is 0 Å². The van der Waals surface area contributed by atoms with E-state index in [2.05, 4.69) is 33.7 Å². The summed E-state index contributed by atoms with van der Waals surface area (Å²) in [4.78, 5) is 28.2. The van der Waals surface area contributed by atoms with Crippen molar-refractivity contribution in [1.82, 2.24) is 5.32 Å². The molecule has 0 saturated heterocycles. The molecule has 1 atom stereocenters. The number of fused-ring (bicyclic) bond motifs is 1. The number of amides is 2. The van der Waals surface area contributed by atoms with E-state index in [1.165, 1.54) is 11.1 Å². The molecule has 6 heteroatoms. The number of nitrogens with one attached hydrogen (secondary N) is 2. The molecule has 1 aliphatic heterocycles. The largest absolute Gasteiger partial charge is 0.366 e. The van der Waals surface area contributed by atoms with Gasteiger partial charge in [-0.3, -0.25) is 9.59 Å². The van der Waals surface area contributed by atoms with Crippen LogP contribution in [0, 0.1) is 0 Å². The number of benzene rings is 3. The quantitative estimate of drug-likeness (QED) is 0.496. The summed E-state index contributed by atoms with van der Waals surface area (Å²) >= 11 is 6.18. The van der Waals surface area contributed by atoms with Crippen LogP contribution in [0.4, 0.5) is 11.4 Å². The topological polar surface area (TPSA) is 61.4 Å². The van der Waals surface area contributed by atoms with Crippen LogP contribution in [0.1, 0.15) is 52.1 Å². The second kappa shape index (κ2) is 10.1. The number of hydrogen-bond acceptors (Lipinski definition) is 3. The maximum Gasteiger partial charge on any atom is 0.257 e. The number of halogens is 1. The van der Waals surface area contributed by atoms with Crippen LogP contribution in [-0.4, -0.2) is 24.4 Å². The minimum absolute atomic E-state index is 0.0498. The number of carbonyl (C=O) groups is 2. The zero-order valence-corrected chi connectivity index (χ0v) is 19.7. The van der Waals surface area contributed by atoms with Gasteiger partial charge in [0.25, 0.3) is 11.8 Å². The molecule has 4 rings (SSSR count). The Balaban J connectivity index is 1.64. The average molecular weight is 462 g/mol. The van der Waals surface area contributed by atoms with Gasteiger partial charge in [-0.25, -0.2) is 0 Å². The molecule has 0 spiro atoms. The van der Waals surface area contributed by atoms with E-state index in [9.17, 15) is 9.59 Å². The Morgan fingerprint density at radius 3 is 2.45 bits per heavy atom. The van der Waals surface area contributed by atoms with Crippen molar-refractivity contribution in [3.63, 3.8) is 0 Å². The molecule has 1 heterocycles. The molecule has 33 heavy (non-hydrogen) atoms. The van der Waals surface area contributed by atoms with Crippen molar-refractivity contribution in [3.05, 3.63) is 94.0 Å². The van der Waals surface area contributed by atoms with E-state index in [1.54, 1.807) is 30.3 Å². The Hall–Kier alpha value is -3.31. The summed E-state index contributed by atoms with van der Waals surface area (Å²) in [7, 11) is 0. The molecule has 0 aliphatic carbocycles. The van der Waals surface area contributed by atoms with Gasteiger partial charge in [0, 0.05) is 30.5 Å². The first-order valence-electron chi connectivity index (χ1n) is 11.3. The molecule has 1 aliphatic rings. The number of rotatable bonds is 6. The predicted octanol–water partition coefficient (Wildman–Crippen LogP) is 5.68. The summed E-state index contributed by atoms with van der Waals surface area (Å²) in [6, 6.07) is 20.9. The average Bonchev–Trinajstić information content (AvgIpc) is 2.83. The van der Waals surface area contributed by atoms with Gasteiger partial charge in [0.05, 0.1) is 16.1 Å². The van der Waals surface area contributed by atoms with Gasteiger partial charge < -0.3 is 15.5 Å². The van der Waals surface area contributed by atoms with Gasteiger partial charge in [-0.15, -0.1) is 0 Å². The Labute approximate surface area is 199 Å². The summed E-state index contributed by atoms with van der Waals surface area (Å²) in [5.41, 5.74) is 4.97. The lowest BCUT2D eigenvalue weighted by molar-refractivity contribution is 0.0938. The van der Waals surface area contributed by atoms with Crippen molar-refractivity contribution in [2.75, 3.05) is 16.8 Å². The molecule has 0 saturated carbocycles. The van der Waals surface area contributed by atoms with Gasteiger partial charge in [-0.1, -0.05) is 54.9 Å². The van der Waals surface area contributed by atoms with Crippen LogP contribution in [0.15, 0.2) is 66.7 Å². The molecule has 0 radical (unpaired) electrons. The van der Waals surface area contributed by atoms with Crippen LogP contribution in [0.2, 0.25) is 5.02 Å². The first kappa shape index (κ1) is 22.9. The van der Waals surface area contributed by atoms with E-state index in [0.717, 1.165) is 31.6 Å². The minimum atomic E-state index is -0.312. The van der Waals surface area contributed by atoms with E-state index in [0.29, 0.717) is 21.8 Å². The minimum Gasteiger partial charge on any atom is -0.366 e. The molecule has 170 valence electrons. The van der Waals surface area contributed by atoms with Gasteiger partial charge in [0.1, 0.15) is 0 Å². The highest BCUT2D eigenvalue weighted by molar-refractivity contribution is 6.34. The van der Waals surface area contributed by atoms with Gasteiger partial charge in [-0.05, 0) is 61.2 Å². The molecule has 3 aromatic carbocycles. The second-order valence-corrected chi connectivity index (χ2v) is 8.80. The molecule has 3 aromatic rings. The van der Waals surface area contributed by atoms with E-state index in [4.69, 9.17) is 11.6 Å². The van der Waals surface area contributed by atoms with Gasteiger partial charge in [-0.2, -0.15) is 0 Å². The maximum atomic E-state index is 13.2. The van der Waals surface area contributed by atoms with Crippen molar-refractivity contribution in [1.29, 1.82) is 0 Å². The monoisotopic (exact) mass is 461 g/mol. The molecule has 0 fully saturated rings. The predicted molar refractivity (Wildman–Crippen MR) is 134 cm³/mol. The van der Waals surface area contributed by atoms with Crippen LogP contribution in [0.25, 0.3) is 0 Å². The molecule has 2 N–H and O–H groups in total. The highest BCUT2D eigenvalue weighted by Crippen LogP contribution is 2.30. The van der Waals surface area contributed by atoms with Gasteiger partial charge in [0.15, 0.2) is 0 Å². The second-order valence-electron chi connectivity index (χ2n) is 8.39. The lowest BCUT2D eigenvalue weighted by Crippen LogP contribution is -2.35. The van der Waals surface area contributed by atoms with Crippen molar-refractivity contribution < 1.29 is 9.59 Å². The molecule has 0 bridgehead atoms. The lowest BCUT2D eigenvalue weighted by atomic mass is 9.98. The van der Waals surface area contributed by atoms with Crippen molar-refractivity contribution in [3.8, 4) is 0 Å². The molecule has 2 amide bonds. The number of nitrogens with zero attached hydrogens (tertiary/aromatic N) is 1. The fourth-order valence-corrected chi connectivity index (χ4v) is 4.24. The smallest absolute Gasteiger partial charge is 0.257 e. The fourth-order valence-electron chi connectivity index (χ4n) is 4.02. The third kappa shape index (κ3) is 5.20. The molecular formula is C27H28ClN3O2. The van der Waals surface area contributed by atoms with E-state index < -0.39 is 0 Å². The number of anilines is 2. The zero-order valence-electron chi connectivity index (χ0n) is 18.9. The highest BCUT2D eigenvalue weighted by atomic mass is 35.5. The summed E-state index contributed by atoms with van der Waals surface area (Å²) in [6.07, 6.45) is 1.76. The Morgan fingerprint density at radius 2 is 1.70 bits per heavy atom. The van der Waals surface area contributed by atoms with Crippen LogP contribution < -0.4 is 15.5 Å². The highest BCUT2D eigenvalue weighted by Gasteiger charge is 2.23. The van der Waals surface area contributed by atoms with E-state index in [1.807, 2.05) is 32.0 Å². The normalized spacial score (nSPS) is 13.7. The standard InChI is InChI=1S/C27H28ClN3O2/c1-3-18(2)29-27(33)23-16-21(30-26(32)22-10-6-7-11-24(22)28)12-13-25(23)31-15-14-19-8-4-5-9-20(19)17-31/h4-13,16,18H,3,14-15,17H2,1-2H3,(H,29,33)(H,30,32). The van der Waals surface area contributed by atoms with E-state index in [-0.39, 0.29) is 17.9 Å². The maximum absolute atomic E-state index is 13.2. The third-order valence-electron chi connectivity index (χ3n) is 6.08. The number of carbonyl (C=O) groups excluding carboxylic acids is 2. The lowest BCUT2D eigenvalue weighted by Gasteiger charge is -2.32. The summed E-state index contributed by atoms with van der Waals surface area (Å²) < 4.78 is 0. The van der Waals surface area contributed by atoms with Crippen LogP contribution >= 0.6 is 11.6 Å². The Morgan fingerprint density at radius 1 is 0.970 bits per heavy atom. The summed E-state index contributed by atoms with van der Waals surface area (Å²) in [5.74, 6) is -0.458. The SMILES string of the molecule is CCC(C)NC(=O)c1cc(NC(=O)c2ccccc2Cl)ccc1N1CCc2ccccc2C1. The van der Waals surface area contributed by atoms with Crippen molar-refractivity contribution in [2.24, 2.45) is 0 Å². The molecule has 5 nitrogen and oxygen atoms in total. The van der Waals surface area contributed by atoms with Crippen molar-refractivity contribution >= 4 is 34.8 Å². The first-order chi connectivity index (χ1) is 16.0. The third-order valence-corrected chi connectivity index (χ3v) is 6.41. The Kier molecular flexibility index (Phi) is 6.99. The zero-order chi connectivity index (χ0) is 23.4. The van der Waals surface area contributed by atoms with Crippen LogP contribution in [0.3, 0.4) is 0 Å². The molecule has 0 aromatic heterocycles. The number of hydrogen-bond donors (Lipinski definition) is 2. The summed E-state index contributed by atoms with van der Waals surface area (Å²) in [5, 5.41) is 6.33. The Bertz CT molecular complexity index is 1180. The van der Waals surface area contributed by atoms with Gasteiger partial charge in [0.2, 0.25) is 0 Å². The van der Waals surface area contributed by atoms with Gasteiger partial charge >= 0.3 is 0 Å². The molecule has 1 unspecified atom stereocenters. The first-order valence-corrected chi connectivity index (χ1v) is 11.7. The van der Waals surface area contributed by atoms with Crippen molar-refractivity contribution in [2.45, 2.75) is 39.3 Å². The van der Waals surface area contributed by atoms with E-state index >= 15 is 0 Å². The molecular weight excluding hydrogens is 434 g/mol. The van der Waals surface area contributed by atoms with Crippen LogP contribution in [-0.2, 0) is 13.0 Å².